The third-order valence-corrected chi connectivity index (χ3v) is 8.33. The van der Waals surface area contributed by atoms with Crippen LogP contribution in [0.3, 0.4) is 0 Å². The molecule has 0 aromatic heterocycles. The van der Waals surface area contributed by atoms with Crippen molar-refractivity contribution in [2.45, 2.75) is 128 Å². The standard InChI is InChI=1S/C29H52N2O4S/c1-4-7-8-9-10-11-12-13-14-15-16-17-18-19-26-35-29(32)30-27-20-22-28(23-21-27)36(33,34)31(24-5-2)25-6-3/h20-23H,4-19,24-26H2,1-3H3,(H,30,32). The maximum atomic E-state index is 12.8. The van der Waals surface area contributed by atoms with Gasteiger partial charge in [0, 0.05) is 18.8 Å². The summed E-state index contributed by atoms with van der Waals surface area (Å²) in [6.45, 7) is 7.60. The molecule has 0 saturated carbocycles. The molecule has 1 amide bonds. The van der Waals surface area contributed by atoms with Crippen LogP contribution in [0.1, 0.15) is 124 Å². The van der Waals surface area contributed by atoms with Crippen molar-refractivity contribution in [3.63, 3.8) is 0 Å². The SMILES string of the molecule is CCCCCCCCCCCCCCCCOC(=O)Nc1ccc(S(=O)(=O)N(CCC)CCC)cc1. The van der Waals surface area contributed by atoms with Gasteiger partial charge in [0.25, 0.3) is 0 Å². The van der Waals surface area contributed by atoms with Crippen LogP contribution in [0.4, 0.5) is 10.5 Å². The summed E-state index contributed by atoms with van der Waals surface area (Å²) >= 11 is 0. The molecule has 1 rings (SSSR count). The van der Waals surface area contributed by atoms with E-state index in [1.54, 1.807) is 12.1 Å². The highest BCUT2D eigenvalue weighted by Gasteiger charge is 2.22. The lowest BCUT2D eigenvalue weighted by Crippen LogP contribution is -2.32. The first kappa shape index (κ1) is 32.4. The lowest BCUT2D eigenvalue weighted by atomic mass is 10.0. The summed E-state index contributed by atoms with van der Waals surface area (Å²) in [6.07, 6.45) is 19.1. The first-order valence-corrected chi connectivity index (χ1v) is 15.9. The number of carbonyl (C=O) groups is 1. The van der Waals surface area contributed by atoms with Gasteiger partial charge in [0.2, 0.25) is 10.0 Å². The first-order chi connectivity index (χ1) is 17.5. The topological polar surface area (TPSA) is 75.7 Å². The van der Waals surface area contributed by atoms with E-state index in [0.717, 1.165) is 25.7 Å². The van der Waals surface area contributed by atoms with E-state index in [1.807, 2.05) is 13.8 Å². The van der Waals surface area contributed by atoms with Crippen molar-refractivity contribution in [1.82, 2.24) is 4.31 Å². The number of nitrogens with one attached hydrogen (secondary N) is 1. The van der Waals surface area contributed by atoms with Crippen LogP contribution in [0.2, 0.25) is 0 Å². The Labute approximate surface area is 221 Å². The summed E-state index contributed by atoms with van der Waals surface area (Å²) in [5.74, 6) is 0. The van der Waals surface area contributed by atoms with Crippen LogP contribution < -0.4 is 5.32 Å². The predicted molar refractivity (Wildman–Crippen MR) is 151 cm³/mol. The predicted octanol–water partition coefficient (Wildman–Crippen LogP) is 8.53. The molecule has 0 unspecified atom stereocenters. The summed E-state index contributed by atoms with van der Waals surface area (Å²) in [6, 6.07) is 6.29. The largest absolute Gasteiger partial charge is 0.449 e. The Kier molecular flexibility index (Phi) is 18.4. The molecule has 1 N–H and O–H groups in total. The van der Waals surface area contributed by atoms with Crippen LogP contribution in [0, 0.1) is 0 Å². The highest BCUT2D eigenvalue weighted by atomic mass is 32.2. The third kappa shape index (κ3) is 14.2. The number of hydrogen-bond donors (Lipinski definition) is 1. The fourth-order valence-corrected chi connectivity index (χ4v) is 5.95. The Morgan fingerprint density at radius 1 is 0.694 bits per heavy atom. The van der Waals surface area contributed by atoms with Crippen LogP contribution in [0.15, 0.2) is 29.2 Å². The smallest absolute Gasteiger partial charge is 0.411 e. The number of anilines is 1. The lowest BCUT2D eigenvalue weighted by Gasteiger charge is -2.21. The van der Waals surface area contributed by atoms with Gasteiger partial charge in [-0.25, -0.2) is 13.2 Å². The molecule has 0 aliphatic rings. The van der Waals surface area contributed by atoms with Crippen LogP contribution in [-0.4, -0.2) is 38.5 Å². The average Bonchev–Trinajstić information content (AvgIpc) is 2.86. The van der Waals surface area contributed by atoms with Gasteiger partial charge in [-0.15, -0.1) is 0 Å². The number of carbonyl (C=O) groups excluding carboxylic acids is 1. The molecule has 36 heavy (non-hydrogen) atoms. The van der Waals surface area contributed by atoms with Gasteiger partial charge in [-0.2, -0.15) is 4.31 Å². The quantitative estimate of drug-likeness (QED) is 0.154. The molecule has 7 heteroatoms. The highest BCUT2D eigenvalue weighted by molar-refractivity contribution is 7.89. The molecule has 0 heterocycles. The van der Waals surface area contributed by atoms with E-state index in [2.05, 4.69) is 12.2 Å². The molecule has 0 radical (unpaired) electrons. The van der Waals surface area contributed by atoms with Gasteiger partial charge in [0.1, 0.15) is 0 Å². The minimum absolute atomic E-state index is 0.241. The number of nitrogens with zero attached hydrogens (tertiary/aromatic N) is 1. The molecule has 0 fully saturated rings. The maximum absolute atomic E-state index is 12.8. The Morgan fingerprint density at radius 2 is 1.14 bits per heavy atom. The van der Waals surface area contributed by atoms with Crippen molar-refractivity contribution < 1.29 is 17.9 Å². The van der Waals surface area contributed by atoms with Crippen molar-refractivity contribution in [3.05, 3.63) is 24.3 Å². The Morgan fingerprint density at radius 3 is 1.58 bits per heavy atom. The molecule has 0 saturated heterocycles. The number of sulfonamides is 1. The van der Waals surface area contributed by atoms with E-state index in [4.69, 9.17) is 4.74 Å². The van der Waals surface area contributed by atoms with E-state index in [9.17, 15) is 13.2 Å². The zero-order valence-electron chi connectivity index (χ0n) is 23.2. The minimum Gasteiger partial charge on any atom is -0.449 e. The molecule has 0 spiro atoms. The van der Waals surface area contributed by atoms with Crippen LogP contribution in [0.25, 0.3) is 0 Å². The zero-order valence-corrected chi connectivity index (χ0v) is 24.0. The van der Waals surface area contributed by atoms with E-state index in [0.29, 0.717) is 25.4 Å². The lowest BCUT2D eigenvalue weighted by molar-refractivity contribution is 0.159. The molecular formula is C29H52N2O4S. The fourth-order valence-electron chi connectivity index (χ4n) is 4.33. The van der Waals surface area contributed by atoms with Gasteiger partial charge < -0.3 is 4.74 Å². The first-order valence-electron chi connectivity index (χ1n) is 14.5. The third-order valence-electron chi connectivity index (χ3n) is 6.42. The van der Waals surface area contributed by atoms with Crippen molar-refractivity contribution in [2.24, 2.45) is 0 Å². The summed E-state index contributed by atoms with van der Waals surface area (Å²) in [7, 11) is -3.52. The van der Waals surface area contributed by atoms with Gasteiger partial charge in [-0.3, -0.25) is 5.32 Å². The fraction of sp³-hybridized carbons (Fsp3) is 0.759. The maximum Gasteiger partial charge on any atom is 0.411 e. The van der Waals surface area contributed by atoms with Crippen LogP contribution in [-0.2, 0) is 14.8 Å². The Bertz CT molecular complexity index is 775. The van der Waals surface area contributed by atoms with Crippen molar-refractivity contribution >= 4 is 21.8 Å². The van der Waals surface area contributed by atoms with E-state index in [-0.39, 0.29) is 4.90 Å². The van der Waals surface area contributed by atoms with Gasteiger partial charge in [-0.1, -0.05) is 104 Å². The number of hydrogen-bond acceptors (Lipinski definition) is 4. The minimum atomic E-state index is -3.52. The van der Waals surface area contributed by atoms with Gasteiger partial charge in [0.15, 0.2) is 0 Å². The second-order valence-corrected chi connectivity index (χ2v) is 11.7. The molecule has 0 atom stereocenters. The monoisotopic (exact) mass is 524 g/mol. The van der Waals surface area contributed by atoms with Gasteiger partial charge in [-0.05, 0) is 43.5 Å². The molecule has 1 aromatic rings. The van der Waals surface area contributed by atoms with Crippen molar-refractivity contribution in [3.8, 4) is 0 Å². The number of ether oxygens (including phenoxy) is 1. The summed E-state index contributed by atoms with van der Waals surface area (Å²) in [4.78, 5) is 12.3. The molecule has 0 bridgehead atoms. The molecule has 0 aliphatic carbocycles. The van der Waals surface area contributed by atoms with Crippen LogP contribution in [0.5, 0.6) is 0 Å². The van der Waals surface area contributed by atoms with Crippen molar-refractivity contribution in [1.29, 1.82) is 0 Å². The number of benzene rings is 1. The van der Waals surface area contributed by atoms with Crippen molar-refractivity contribution in [2.75, 3.05) is 25.0 Å². The zero-order chi connectivity index (χ0) is 26.5. The Hall–Kier alpha value is -1.60. The number of amides is 1. The van der Waals surface area contributed by atoms with E-state index >= 15 is 0 Å². The van der Waals surface area contributed by atoms with E-state index < -0.39 is 16.1 Å². The molecular weight excluding hydrogens is 472 g/mol. The highest BCUT2D eigenvalue weighted by Crippen LogP contribution is 2.19. The second-order valence-electron chi connectivity index (χ2n) is 9.79. The molecule has 0 aliphatic heterocycles. The second kappa shape index (κ2) is 20.5. The average molecular weight is 525 g/mol. The van der Waals surface area contributed by atoms with E-state index in [1.165, 1.54) is 93.5 Å². The normalized spacial score (nSPS) is 11.7. The molecule has 6 nitrogen and oxygen atoms in total. The number of unbranched alkanes of at least 4 members (excludes halogenated alkanes) is 13. The molecule has 1 aromatic carbocycles. The van der Waals surface area contributed by atoms with Crippen LogP contribution >= 0.6 is 0 Å². The molecule has 208 valence electrons. The summed E-state index contributed by atoms with van der Waals surface area (Å²) in [5.41, 5.74) is 0.525. The van der Waals surface area contributed by atoms with Gasteiger partial charge in [0.05, 0.1) is 11.5 Å². The van der Waals surface area contributed by atoms with Gasteiger partial charge >= 0.3 is 6.09 Å². The summed E-state index contributed by atoms with van der Waals surface area (Å²) in [5, 5.41) is 2.68. The summed E-state index contributed by atoms with van der Waals surface area (Å²) < 4.78 is 32.4. The Balaban J connectivity index is 2.13. The number of rotatable bonds is 22.